The highest BCUT2D eigenvalue weighted by molar-refractivity contribution is 5.88. The number of aliphatic carboxylic acids is 1. The largest absolute Gasteiger partial charge is 0.478 e. The molecular formula is C14H20N2O2. The van der Waals surface area contributed by atoms with Gasteiger partial charge in [0.05, 0.1) is 6.57 Å². The van der Waals surface area contributed by atoms with Gasteiger partial charge in [-0.3, -0.25) is 0 Å². The summed E-state index contributed by atoms with van der Waals surface area (Å²) in [5, 5.41) is 11.8. The minimum absolute atomic E-state index is 0.297. The normalized spacial score (nSPS) is 20.9. The quantitative estimate of drug-likeness (QED) is 0.701. The Hall–Kier alpha value is -1.60. The molecule has 0 aromatic rings. The summed E-state index contributed by atoms with van der Waals surface area (Å²) in [7, 11) is 0. The van der Waals surface area contributed by atoms with Crippen molar-refractivity contribution < 1.29 is 9.90 Å². The molecular weight excluding hydrogens is 228 g/mol. The first-order valence-electron chi connectivity index (χ1n) is 6.17. The lowest BCUT2D eigenvalue weighted by Gasteiger charge is -2.29. The van der Waals surface area contributed by atoms with Crippen molar-refractivity contribution in [3.8, 4) is 0 Å². The molecule has 2 N–H and O–H groups in total. The third-order valence-corrected chi connectivity index (χ3v) is 3.21. The Bertz CT molecular complexity index is 406. The first kappa shape index (κ1) is 14.5. The van der Waals surface area contributed by atoms with Crippen molar-refractivity contribution in [1.82, 2.24) is 5.32 Å². The van der Waals surface area contributed by atoms with Gasteiger partial charge in [0.25, 0.3) is 0 Å². The van der Waals surface area contributed by atoms with Crippen LogP contribution >= 0.6 is 0 Å². The van der Waals surface area contributed by atoms with Crippen LogP contribution in [0.25, 0.3) is 4.85 Å². The van der Waals surface area contributed by atoms with E-state index < -0.39 is 5.97 Å². The maximum Gasteiger partial charge on any atom is 0.330 e. The zero-order valence-electron chi connectivity index (χ0n) is 11.0. The van der Waals surface area contributed by atoms with Crippen molar-refractivity contribution in [1.29, 1.82) is 0 Å². The number of nitrogens with zero attached hydrogens (tertiary/aromatic N) is 1. The van der Waals surface area contributed by atoms with Crippen LogP contribution < -0.4 is 5.32 Å². The molecule has 1 fully saturated rings. The maximum absolute atomic E-state index is 10.3. The summed E-state index contributed by atoms with van der Waals surface area (Å²) in [6.07, 6.45) is 6.07. The van der Waals surface area contributed by atoms with Gasteiger partial charge < -0.3 is 10.4 Å². The van der Waals surface area contributed by atoms with Crippen LogP contribution in [0.5, 0.6) is 0 Å². The van der Waals surface area contributed by atoms with E-state index in [1.807, 2.05) is 0 Å². The standard InChI is InChI=1S/C7H5NO2.C7H15N/c1-8-6-3-2-5(4-6)7(9)10;1-7(2)3-5-8-6-4-7/h3-4H,2H2,(H,9,10);8H,3-6H2,1-2H3. The van der Waals surface area contributed by atoms with E-state index in [0.29, 0.717) is 23.1 Å². The summed E-state index contributed by atoms with van der Waals surface area (Å²) in [4.78, 5) is 13.4. The Labute approximate surface area is 108 Å². The van der Waals surface area contributed by atoms with Gasteiger partial charge in [0.2, 0.25) is 0 Å². The molecule has 1 saturated heterocycles. The van der Waals surface area contributed by atoms with E-state index in [1.165, 1.54) is 32.0 Å². The van der Waals surface area contributed by atoms with Crippen LogP contribution in [-0.4, -0.2) is 24.2 Å². The van der Waals surface area contributed by atoms with Crippen molar-refractivity contribution >= 4 is 5.97 Å². The maximum atomic E-state index is 10.3. The van der Waals surface area contributed by atoms with Crippen LogP contribution in [0.1, 0.15) is 33.1 Å². The average molecular weight is 248 g/mol. The van der Waals surface area contributed by atoms with Crippen molar-refractivity contribution in [3.05, 3.63) is 34.8 Å². The SMILES string of the molecule is CC1(C)CCNCC1.[C-]#[N+]C1=CCC(C(=O)O)=C1. The minimum Gasteiger partial charge on any atom is -0.478 e. The zero-order chi connectivity index (χ0) is 13.6. The fourth-order valence-electron chi connectivity index (χ4n) is 1.84. The number of nitrogens with one attached hydrogen (secondary N) is 1. The van der Waals surface area contributed by atoms with Crippen molar-refractivity contribution in [2.45, 2.75) is 33.1 Å². The van der Waals surface area contributed by atoms with Crippen LogP contribution in [0.4, 0.5) is 0 Å². The van der Waals surface area contributed by atoms with Gasteiger partial charge in [0.1, 0.15) is 0 Å². The fourth-order valence-corrected chi connectivity index (χ4v) is 1.84. The predicted molar refractivity (Wildman–Crippen MR) is 70.9 cm³/mol. The second-order valence-electron chi connectivity index (χ2n) is 5.33. The first-order valence-corrected chi connectivity index (χ1v) is 6.17. The van der Waals surface area contributed by atoms with E-state index in [1.54, 1.807) is 6.08 Å². The van der Waals surface area contributed by atoms with Crippen molar-refractivity contribution in [2.24, 2.45) is 5.41 Å². The molecule has 98 valence electrons. The molecule has 0 saturated carbocycles. The highest BCUT2D eigenvalue weighted by Crippen LogP contribution is 2.25. The van der Waals surface area contributed by atoms with Crippen molar-refractivity contribution in [2.75, 3.05) is 13.1 Å². The minimum atomic E-state index is -0.935. The number of piperidine rings is 1. The Morgan fingerprint density at radius 1 is 1.44 bits per heavy atom. The molecule has 0 bridgehead atoms. The molecule has 0 atom stereocenters. The molecule has 18 heavy (non-hydrogen) atoms. The lowest BCUT2D eigenvalue weighted by molar-refractivity contribution is -0.132. The third kappa shape index (κ3) is 4.72. The summed E-state index contributed by atoms with van der Waals surface area (Å²) >= 11 is 0. The molecule has 1 heterocycles. The van der Waals surface area contributed by atoms with Gasteiger partial charge in [-0.1, -0.05) is 19.9 Å². The van der Waals surface area contributed by atoms with Gasteiger partial charge in [0, 0.05) is 5.57 Å². The van der Waals surface area contributed by atoms with Gasteiger partial charge in [-0.25, -0.2) is 9.64 Å². The Kier molecular flexibility index (Phi) is 5.11. The molecule has 2 rings (SSSR count). The third-order valence-electron chi connectivity index (χ3n) is 3.21. The van der Waals surface area contributed by atoms with E-state index in [4.69, 9.17) is 11.7 Å². The molecule has 0 unspecified atom stereocenters. The summed E-state index contributed by atoms with van der Waals surface area (Å²) in [5.74, 6) is -0.935. The van der Waals surface area contributed by atoms with Gasteiger partial charge in [0.15, 0.2) is 5.70 Å². The van der Waals surface area contributed by atoms with Crippen LogP contribution in [-0.2, 0) is 4.79 Å². The fraction of sp³-hybridized carbons (Fsp3) is 0.571. The predicted octanol–water partition coefficient (Wildman–Crippen LogP) is 2.60. The molecule has 0 aromatic carbocycles. The number of carboxylic acids is 1. The zero-order valence-corrected chi connectivity index (χ0v) is 11.0. The molecule has 0 aromatic heterocycles. The Morgan fingerprint density at radius 3 is 2.33 bits per heavy atom. The van der Waals surface area contributed by atoms with Gasteiger partial charge >= 0.3 is 5.97 Å². The molecule has 1 aliphatic carbocycles. The van der Waals surface area contributed by atoms with Gasteiger partial charge in [-0.15, -0.1) is 0 Å². The summed E-state index contributed by atoms with van der Waals surface area (Å²) in [6.45, 7) is 13.7. The van der Waals surface area contributed by atoms with E-state index in [-0.39, 0.29) is 0 Å². The summed E-state index contributed by atoms with van der Waals surface area (Å²) < 4.78 is 0. The monoisotopic (exact) mass is 248 g/mol. The van der Waals surface area contributed by atoms with Crippen LogP contribution in [0.3, 0.4) is 0 Å². The van der Waals surface area contributed by atoms with Gasteiger partial charge in [-0.05, 0) is 43.8 Å². The first-order chi connectivity index (χ1) is 8.44. The highest BCUT2D eigenvalue weighted by Gasteiger charge is 2.19. The Morgan fingerprint density at radius 2 is 2.06 bits per heavy atom. The van der Waals surface area contributed by atoms with Gasteiger partial charge in [-0.2, -0.15) is 0 Å². The summed E-state index contributed by atoms with van der Waals surface area (Å²) in [6, 6.07) is 0. The number of hydrogen-bond acceptors (Lipinski definition) is 2. The van der Waals surface area contributed by atoms with E-state index >= 15 is 0 Å². The number of carboxylic acid groups (broad SMARTS) is 1. The molecule has 4 heteroatoms. The van der Waals surface area contributed by atoms with Crippen LogP contribution in [0.15, 0.2) is 23.4 Å². The second kappa shape index (κ2) is 6.36. The number of allylic oxidation sites excluding steroid dienone is 2. The van der Waals surface area contributed by atoms with E-state index in [2.05, 4.69) is 24.0 Å². The molecule has 0 amide bonds. The Balaban J connectivity index is 0.000000184. The number of carbonyl (C=O) groups is 1. The lowest BCUT2D eigenvalue weighted by Crippen LogP contribution is -2.32. The average Bonchev–Trinajstić information content (AvgIpc) is 2.78. The topological polar surface area (TPSA) is 53.7 Å². The van der Waals surface area contributed by atoms with E-state index in [0.717, 1.165) is 0 Å². The molecule has 0 spiro atoms. The summed E-state index contributed by atoms with van der Waals surface area (Å²) in [5.41, 5.74) is 1.34. The smallest absolute Gasteiger partial charge is 0.330 e. The van der Waals surface area contributed by atoms with Crippen molar-refractivity contribution in [3.63, 3.8) is 0 Å². The lowest BCUT2D eigenvalue weighted by atomic mass is 9.83. The molecule has 4 nitrogen and oxygen atoms in total. The highest BCUT2D eigenvalue weighted by atomic mass is 16.4. The number of hydrogen-bond donors (Lipinski definition) is 2. The van der Waals surface area contributed by atoms with Crippen LogP contribution in [0, 0.1) is 12.0 Å². The van der Waals surface area contributed by atoms with Crippen LogP contribution in [0.2, 0.25) is 0 Å². The molecule has 0 radical (unpaired) electrons. The molecule has 1 aliphatic heterocycles. The number of rotatable bonds is 1. The second-order valence-corrected chi connectivity index (χ2v) is 5.33. The van der Waals surface area contributed by atoms with E-state index in [9.17, 15) is 4.79 Å². The molecule has 2 aliphatic rings.